The lowest BCUT2D eigenvalue weighted by Gasteiger charge is -2.33. The second-order valence-corrected chi connectivity index (χ2v) is 4.68. The van der Waals surface area contributed by atoms with Crippen LogP contribution in [0.15, 0.2) is 0 Å². The molecule has 2 heterocycles. The monoisotopic (exact) mass is 242 g/mol. The number of piperidine rings is 1. The summed E-state index contributed by atoms with van der Waals surface area (Å²) < 4.78 is 10.8. The maximum absolute atomic E-state index is 12.0. The number of rotatable bonds is 3. The Kier molecular flexibility index (Phi) is 4.62. The van der Waals surface area contributed by atoms with Gasteiger partial charge in [-0.05, 0) is 26.2 Å². The first-order valence-electron chi connectivity index (χ1n) is 6.54. The molecule has 0 radical (unpaired) electrons. The first-order chi connectivity index (χ1) is 8.29. The third kappa shape index (κ3) is 3.57. The molecule has 2 aliphatic rings. The lowest BCUT2D eigenvalue weighted by atomic mass is 10.1. The Balaban J connectivity index is 1.77. The molecule has 0 aromatic carbocycles. The first-order valence-corrected chi connectivity index (χ1v) is 6.54. The van der Waals surface area contributed by atoms with E-state index in [0.29, 0.717) is 13.2 Å². The smallest absolute Gasteiger partial charge is 0.317 e. The number of hydrogen-bond acceptors (Lipinski definition) is 3. The van der Waals surface area contributed by atoms with Gasteiger partial charge in [-0.2, -0.15) is 0 Å². The van der Waals surface area contributed by atoms with E-state index < -0.39 is 0 Å². The van der Waals surface area contributed by atoms with E-state index in [1.807, 2.05) is 11.8 Å². The summed E-state index contributed by atoms with van der Waals surface area (Å²) in [5.41, 5.74) is 0. The number of ether oxygens (including phenoxy) is 2. The Morgan fingerprint density at radius 2 is 2.41 bits per heavy atom. The molecule has 17 heavy (non-hydrogen) atoms. The van der Waals surface area contributed by atoms with E-state index in [-0.39, 0.29) is 18.2 Å². The zero-order chi connectivity index (χ0) is 12.1. The maximum atomic E-state index is 12.0. The van der Waals surface area contributed by atoms with Crippen molar-refractivity contribution in [1.82, 2.24) is 10.2 Å². The lowest BCUT2D eigenvalue weighted by Crippen LogP contribution is -2.50. The highest BCUT2D eigenvalue weighted by molar-refractivity contribution is 5.74. The first kappa shape index (κ1) is 12.6. The van der Waals surface area contributed by atoms with Crippen LogP contribution in [0.5, 0.6) is 0 Å². The van der Waals surface area contributed by atoms with E-state index in [2.05, 4.69) is 5.32 Å². The van der Waals surface area contributed by atoms with Gasteiger partial charge in [-0.1, -0.05) is 0 Å². The summed E-state index contributed by atoms with van der Waals surface area (Å²) in [7, 11) is 0. The molecule has 5 nitrogen and oxygen atoms in total. The number of hydrogen-bond donors (Lipinski definition) is 1. The number of likely N-dealkylation sites (tertiary alicyclic amines) is 1. The fourth-order valence-corrected chi connectivity index (χ4v) is 2.41. The second kappa shape index (κ2) is 6.21. The van der Waals surface area contributed by atoms with Gasteiger partial charge in [0.05, 0.1) is 18.8 Å². The van der Waals surface area contributed by atoms with Crippen LogP contribution in [0, 0.1) is 0 Å². The molecule has 0 saturated carbocycles. The Morgan fingerprint density at radius 3 is 3.12 bits per heavy atom. The summed E-state index contributed by atoms with van der Waals surface area (Å²) >= 11 is 0. The van der Waals surface area contributed by atoms with Gasteiger partial charge >= 0.3 is 6.03 Å². The lowest BCUT2D eigenvalue weighted by molar-refractivity contribution is 0.0161. The van der Waals surface area contributed by atoms with Crippen LogP contribution in [0.1, 0.15) is 26.2 Å². The molecule has 2 atom stereocenters. The maximum Gasteiger partial charge on any atom is 0.317 e. The fourth-order valence-electron chi connectivity index (χ4n) is 2.41. The van der Waals surface area contributed by atoms with Crippen LogP contribution in [0.2, 0.25) is 0 Å². The summed E-state index contributed by atoms with van der Waals surface area (Å²) in [5, 5.41) is 3.02. The highest BCUT2D eigenvalue weighted by Gasteiger charge is 2.26. The van der Waals surface area contributed by atoms with Crippen LogP contribution >= 0.6 is 0 Å². The van der Waals surface area contributed by atoms with Gasteiger partial charge in [0, 0.05) is 26.3 Å². The minimum absolute atomic E-state index is 0.0323. The summed E-state index contributed by atoms with van der Waals surface area (Å²) in [6.07, 6.45) is 3.22. The third-order valence-electron chi connectivity index (χ3n) is 3.33. The van der Waals surface area contributed by atoms with Crippen LogP contribution in [0.3, 0.4) is 0 Å². The van der Waals surface area contributed by atoms with Gasteiger partial charge in [0.15, 0.2) is 0 Å². The van der Waals surface area contributed by atoms with Crippen molar-refractivity contribution in [2.24, 2.45) is 0 Å². The van der Waals surface area contributed by atoms with Gasteiger partial charge in [-0.15, -0.1) is 0 Å². The van der Waals surface area contributed by atoms with Crippen molar-refractivity contribution in [3.05, 3.63) is 0 Å². The SMILES string of the molecule is CCOC1CCCN(C(=O)NC2CCOC2)C1. The number of carbonyl (C=O) groups excluding carboxylic acids is 1. The summed E-state index contributed by atoms with van der Waals surface area (Å²) in [6.45, 7) is 5.67. The average Bonchev–Trinajstić information content (AvgIpc) is 2.83. The molecule has 0 aromatic heterocycles. The van der Waals surface area contributed by atoms with E-state index in [1.165, 1.54) is 0 Å². The molecule has 2 aliphatic heterocycles. The van der Waals surface area contributed by atoms with Crippen molar-refractivity contribution in [2.75, 3.05) is 32.9 Å². The molecule has 0 aliphatic carbocycles. The number of nitrogens with one attached hydrogen (secondary N) is 1. The molecule has 2 saturated heterocycles. The Hall–Kier alpha value is -0.810. The van der Waals surface area contributed by atoms with Gasteiger partial charge in [-0.3, -0.25) is 0 Å². The summed E-state index contributed by atoms with van der Waals surface area (Å²) in [4.78, 5) is 13.9. The van der Waals surface area contributed by atoms with Crippen molar-refractivity contribution < 1.29 is 14.3 Å². The summed E-state index contributed by atoms with van der Waals surface area (Å²) in [6, 6.07) is 0.222. The van der Waals surface area contributed by atoms with E-state index >= 15 is 0 Å². The number of urea groups is 1. The van der Waals surface area contributed by atoms with Crippen LogP contribution in [0.4, 0.5) is 4.79 Å². The van der Waals surface area contributed by atoms with Crippen LogP contribution in [-0.2, 0) is 9.47 Å². The predicted octanol–water partition coefficient (Wildman–Crippen LogP) is 0.986. The zero-order valence-corrected chi connectivity index (χ0v) is 10.5. The van der Waals surface area contributed by atoms with Crippen LogP contribution in [0.25, 0.3) is 0 Å². The fraction of sp³-hybridized carbons (Fsp3) is 0.917. The highest BCUT2D eigenvalue weighted by Crippen LogP contribution is 2.14. The zero-order valence-electron chi connectivity index (χ0n) is 10.5. The molecule has 5 heteroatoms. The quantitative estimate of drug-likeness (QED) is 0.803. The molecule has 2 amide bonds. The molecule has 0 bridgehead atoms. The minimum Gasteiger partial charge on any atom is -0.379 e. The van der Waals surface area contributed by atoms with Crippen molar-refractivity contribution in [1.29, 1.82) is 0 Å². The van der Waals surface area contributed by atoms with Crippen LogP contribution in [-0.4, -0.2) is 56.0 Å². The number of amides is 2. The van der Waals surface area contributed by atoms with Gasteiger partial charge in [0.2, 0.25) is 0 Å². The van der Waals surface area contributed by atoms with E-state index in [1.54, 1.807) is 0 Å². The number of carbonyl (C=O) groups is 1. The van der Waals surface area contributed by atoms with E-state index in [0.717, 1.165) is 39.0 Å². The predicted molar refractivity (Wildman–Crippen MR) is 64.0 cm³/mol. The Morgan fingerprint density at radius 1 is 1.53 bits per heavy atom. The molecule has 2 rings (SSSR count). The normalized spacial score (nSPS) is 29.4. The van der Waals surface area contributed by atoms with E-state index in [9.17, 15) is 4.79 Å². The van der Waals surface area contributed by atoms with Crippen molar-refractivity contribution in [2.45, 2.75) is 38.3 Å². The molecule has 2 fully saturated rings. The minimum atomic E-state index is 0.0323. The largest absolute Gasteiger partial charge is 0.379 e. The van der Waals surface area contributed by atoms with Crippen molar-refractivity contribution in [3.8, 4) is 0 Å². The van der Waals surface area contributed by atoms with Crippen molar-refractivity contribution in [3.63, 3.8) is 0 Å². The molecule has 0 aromatic rings. The number of nitrogens with zero attached hydrogens (tertiary/aromatic N) is 1. The highest BCUT2D eigenvalue weighted by atomic mass is 16.5. The molecule has 0 spiro atoms. The topological polar surface area (TPSA) is 50.8 Å². The van der Waals surface area contributed by atoms with Crippen molar-refractivity contribution >= 4 is 6.03 Å². The average molecular weight is 242 g/mol. The molecule has 2 unspecified atom stereocenters. The van der Waals surface area contributed by atoms with E-state index in [4.69, 9.17) is 9.47 Å². The van der Waals surface area contributed by atoms with Gasteiger partial charge in [0.1, 0.15) is 0 Å². The molecular formula is C12H22N2O3. The standard InChI is InChI=1S/C12H22N2O3/c1-2-17-11-4-3-6-14(8-11)12(15)13-10-5-7-16-9-10/h10-11H,2-9H2,1H3,(H,13,15). The summed E-state index contributed by atoms with van der Waals surface area (Å²) in [5.74, 6) is 0. The van der Waals surface area contributed by atoms with Crippen LogP contribution < -0.4 is 5.32 Å². The van der Waals surface area contributed by atoms with Gasteiger partial charge in [0.25, 0.3) is 0 Å². The molecule has 98 valence electrons. The third-order valence-corrected chi connectivity index (χ3v) is 3.33. The molecule has 1 N–H and O–H groups in total. The Bertz CT molecular complexity index is 252. The van der Waals surface area contributed by atoms with Gasteiger partial charge in [-0.25, -0.2) is 4.79 Å². The Labute approximate surface area is 102 Å². The second-order valence-electron chi connectivity index (χ2n) is 4.68. The molecular weight excluding hydrogens is 220 g/mol. The van der Waals surface area contributed by atoms with Gasteiger partial charge < -0.3 is 19.7 Å².